The molecule has 0 unspecified atom stereocenters. The molecule has 1 aliphatic carbocycles. The van der Waals surface area contributed by atoms with Crippen LogP contribution in [0.3, 0.4) is 0 Å². The van der Waals surface area contributed by atoms with Gasteiger partial charge in [-0.25, -0.2) is 0 Å². The highest BCUT2D eigenvalue weighted by Gasteiger charge is 2.16. The molecule has 3 heteroatoms. The molecule has 1 aromatic rings. The minimum absolute atomic E-state index is 0.102. The Kier molecular flexibility index (Phi) is 4.34. The summed E-state index contributed by atoms with van der Waals surface area (Å²) in [6, 6.07) is 2.43. The SMILES string of the molecule is CC[C@@H](C)NC(=O)C[n+]1ccc2c(c1)CCCC2. The van der Waals surface area contributed by atoms with Crippen LogP contribution in [0.15, 0.2) is 18.5 Å². The van der Waals surface area contributed by atoms with E-state index in [2.05, 4.69) is 24.5 Å². The highest BCUT2D eigenvalue weighted by Crippen LogP contribution is 2.18. The van der Waals surface area contributed by atoms with E-state index in [4.69, 9.17) is 0 Å². The van der Waals surface area contributed by atoms with E-state index >= 15 is 0 Å². The van der Waals surface area contributed by atoms with Gasteiger partial charge in [-0.3, -0.25) is 4.79 Å². The van der Waals surface area contributed by atoms with E-state index in [1.165, 1.54) is 30.4 Å². The molecule has 98 valence electrons. The lowest BCUT2D eigenvalue weighted by Crippen LogP contribution is -2.45. The third-order valence-corrected chi connectivity index (χ3v) is 3.69. The number of nitrogens with one attached hydrogen (secondary N) is 1. The Bertz CT molecular complexity index is 429. The van der Waals surface area contributed by atoms with E-state index in [0.717, 1.165) is 12.8 Å². The smallest absolute Gasteiger partial charge is 0.286 e. The second-order valence-electron chi connectivity index (χ2n) is 5.25. The number of rotatable bonds is 4. The summed E-state index contributed by atoms with van der Waals surface area (Å²) >= 11 is 0. The number of hydrogen-bond donors (Lipinski definition) is 1. The van der Waals surface area contributed by atoms with Crippen molar-refractivity contribution in [1.29, 1.82) is 0 Å². The van der Waals surface area contributed by atoms with Crippen LogP contribution < -0.4 is 9.88 Å². The lowest BCUT2D eigenvalue weighted by Gasteiger charge is -2.14. The molecule has 2 rings (SSSR count). The van der Waals surface area contributed by atoms with Gasteiger partial charge in [-0.15, -0.1) is 0 Å². The highest BCUT2D eigenvalue weighted by molar-refractivity contribution is 5.74. The Morgan fingerprint density at radius 3 is 2.83 bits per heavy atom. The van der Waals surface area contributed by atoms with Crippen LogP contribution >= 0.6 is 0 Å². The Morgan fingerprint density at radius 1 is 1.39 bits per heavy atom. The molecule has 1 amide bonds. The zero-order chi connectivity index (χ0) is 13.0. The van der Waals surface area contributed by atoms with Crippen molar-refractivity contribution in [3.8, 4) is 0 Å². The number of aryl methyl sites for hydroxylation is 2. The molecule has 0 saturated heterocycles. The molecule has 18 heavy (non-hydrogen) atoms. The lowest BCUT2D eigenvalue weighted by atomic mass is 9.93. The van der Waals surface area contributed by atoms with Crippen LogP contribution in [-0.4, -0.2) is 11.9 Å². The van der Waals surface area contributed by atoms with E-state index in [0.29, 0.717) is 6.54 Å². The first-order valence-electron chi connectivity index (χ1n) is 6.99. The molecule has 1 aliphatic rings. The van der Waals surface area contributed by atoms with Crippen molar-refractivity contribution in [2.45, 2.75) is 58.5 Å². The lowest BCUT2D eigenvalue weighted by molar-refractivity contribution is -0.685. The first-order valence-corrected chi connectivity index (χ1v) is 6.99. The quantitative estimate of drug-likeness (QED) is 0.808. The molecule has 1 atom stereocenters. The molecule has 0 radical (unpaired) electrons. The Morgan fingerprint density at radius 2 is 2.11 bits per heavy atom. The second-order valence-corrected chi connectivity index (χ2v) is 5.25. The van der Waals surface area contributed by atoms with Gasteiger partial charge in [0.2, 0.25) is 6.54 Å². The molecule has 1 N–H and O–H groups in total. The van der Waals surface area contributed by atoms with Crippen LogP contribution in [0.1, 0.15) is 44.2 Å². The molecule has 0 aliphatic heterocycles. The molecule has 3 nitrogen and oxygen atoms in total. The van der Waals surface area contributed by atoms with Gasteiger partial charge in [0.15, 0.2) is 12.4 Å². The maximum atomic E-state index is 11.8. The van der Waals surface area contributed by atoms with Crippen molar-refractivity contribution >= 4 is 5.91 Å². The van der Waals surface area contributed by atoms with Crippen LogP contribution in [0.2, 0.25) is 0 Å². The number of fused-ring (bicyclic) bond motifs is 1. The monoisotopic (exact) mass is 247 g/mol. The van der Waals surface area contributed by atoms with Gasteiger partial charge in [0, 0.05) is 17.7 Å². The summed E-state index contributed by atoms with van der Waals surface area (Å²) < 4.78 is 2.00. The van der Waals surface area contributed by atoms with Gasteiger partial charge in [-0.05, 0) is 44.6 Å². The molecule has 0 saturated carbocycles. The number of nitrogens with zero attached hydrogens (tertiary/aromatic N) is 1. The Hall–Kier alpha value is -1.38. The third-order valence-electron chi connectivity index (χ3n) is 3.69. The molecule has 0 spiro atoms. The van der Waals surface area contributed by atoms with Gasteiger partial charge < -0.3 is 5.32 Å². The maximum Gasteiger partial charge on any atom is 0.286 e. The number of pyridine rings is 1. The largest absolute Gasteiger partial charge is 0.348 e. The van der Waals surface area contributed by atoms with E-state index < -0.39 is 0 Å². The van der Waals surface area contributed by atoms with E-state index in [1.807, 2.05) is 17.7 Å². The van der Waals surface area contributed by atoms with E-state index in [-0.39, 0.29) is 11.9 Å². The first kappa shape index (κ1) is 13.1. The molecule has 0 aromatic carbocycles. The standard InChI is InChI=1S/C15H22N2O/c1-3-12(2)16-15(18)11-17-9-8-13-6-4-5-7-14(13)10-17/h8-10,12H,3-7,11H2,1-2H3/p+1/t12-/m1/s1. The minimum atomic E-state index is 0.102. The minimum Gasteiger partial charge on any atom is -0.348 e. The summed E-state index contributed by atoms with van der Waals surface area (Å²) in [6.07, 6.45) is 10.1. The van der Waals surface area contributed by atoms with Crippen molar-refractivity contribution in [1.82, 2.24) is 5.32 Å². The molecular weight excluding hydrogens is 224 g/mol. The Labute approximate surface area is 109 Å². The van der Waals surface area contributed by atoms with E-state index in [1.54, 1.807) is 0 Å². The zero-order valence-electron chi connectivity index (χ0n) is 11.4. The normalized spacial score (nSPS) is 15.9. The molecule has 0 bridgehead atoms. The first-order chi connectivity index (χ1) is 8.69. The van der Waals surface area contributed by atoms with Crippen molar-refractivity contribution in [2.24, 2.45) is 0 Å². The van der Waals surface area contributed by atoms with Gasteiger partial charge >= 0.3 is 0 Å². The third kappa shape index (κ3) is 3.31. The summed E-state index contributed by atoms with van der Waals surface area (Å²) in [5, 5.41) is 3.00. The predicted octanol–water partition coefficient (Wildman–Crippen LogP) is 1.77. The van der Waals surface area contributed by atoms with Gasteiger partial charge in [-0.2, -0.15) is 4.57 Å². The average molecular weight is 247 g/mol. The molecule has 1 heterocycles. The average Bonchev–Trinajstić information content (AvgIpc) is 2.38. The fourth-order valence-corrected chi connectivity index (χ4v) is 2.41. The number of hydrogen-bond acceptors (Lipinski definition) is 1. The summed E-state index contributed by atoms with van der Waals surface area (Å²) in [7, 11) is 0. The maximum absolute atomic E-state index is 11.8. The topological polar surface area (TPSA) is 33.0 Å². The van der Waals surface area contributed by atoms with Crippen LogP contribution in [0.5, 0.6) is 0 Å². The Balaban J connectivity index is 1.99. The molecule has 1 aromatic heterocycles. The second kappa shape index (κ2) is 5.98. The number of carbonyl (C=O) groups excluding carboxylic acids is 1. The van der Waals surface area contributed by atoms with Crippen molar-refractivity contribution in [2.75, 3.05) is 0 Å². The molecular formula is C15H23N2O+. The predicted molar refractivity (Wildman–Crippen MR) is 71.2 cm³/mol. The highest BCUT2D eigenvalue weighted by atomic mass is 16.2. The summed E-state index contributed by atoms with van der Waals surface area (Å²) in [5.74, 6) is 0.102. The van der Waals surface area contributed by atoms with Gasteiger partial charge in [0.25, 0.3) is 5.91 Å². The van der Waals surface area contributed by atoms with Gasteiger partial charge in [-0.1, -0.05) is 6.92 Å². The van der Waals surface area contributed by atoms with Crippen LogP contribution in [0.4, 0.5) is 0 Å². The number of carbonyl (C=O) groups is 1. The van der Waals surface area contributed by atoms with Gasteiger partial charge in [0.1, 0.15) is 0 Å². The van der Waals surface area contributed by atoms with Crippen LogP contribution in [-0.2, 0) is 24.2 Å². The number of amides is 1. The van der Waals surface area contributed by atoms with E-state index in [9.17, 15) is 4.79 Å². The van der Waals surface area contributed by atoms with Crippen molar-refractivity contribution in [3.63, 3.8) is 0 Å². The summed E-state index contributed by atoms with van der Waals surface area (Å²) in [4.78, 5) is 11.8. The summed E-state index contributed by atoms with van der Waals surface area (Å²) in [5.41, 5.74) is 2.87. The van der Waals surface area contributed by atoms with Crippen molar-refractivity contribution < 1.29 is 9.36 Å². The van der Waals surface area contributed by atoms with Crippen molar-refractivity contribution in [3.05, 3.63) is 29.6 Å². The fraction of sp³-hybridized carbons (Fsp3) is 0.600. The molecule has 0 fully saturated rings. The van der Waals surface area contributed by atoms with Crippen LogP contribution in [0, 0.1) is 0 Å². The fourth-order valence-electron chi connectivity index (χ4n) is 2.41. The summed E-state index contributed by atoms with van der Waals surface area (Å²) in [6.45, 7) is 4.55. The zero-order valence-corrected chi connectivity index (χ0v) is 11.4. The van der Waals surface area contributed by atoms with Crippen LogP contribution in [0.25, 0.3) is 0 Å². The van der Waals surface area contributed by atoms with Gasteiger partial charge in [0.05, 0.1) is 0 Å². The number of aromatic nitrogens is 1.